The van der Waals surface area contributed by atoms with Crippen molar-refractivity contribution in [3.05, 3.63) is 58.5 Å². The van der Waals surface area contributed by atoms with Gasteiger partial charge in [0.15, 0.2) is 5.76 Å². The SMILES string of the molecule is CC(c1ccccc1Cl)N(C)C(=O)c1cc(C(=O)O)co1. The molecule has 110 valence electrons. The fraction of sp³-hybridized carbons (Fsp3) is 0.200. The van der Waals surface area contributed by atoms with Crippen LogP contribution in [0.25, 0.3) is 0 Å². The molecule has 1 atom stereocenters. The lowest BCUT2D eigenvalue weighted by atomic mass is 10.1. The highest BCUT2D eigenvalue weighted by molar-refractivity contribution is 6.31. The van der Waals surface area contributed by atoms with E-state index in [1.165, 1.54) is 11.0 Å². The summed E-state index contributed by atoms with van der Waals surface area (Å²) < 4.78 is 5.02. The van der Waals surface area contributed by atoms with Crippen LogP contribution in [0, 0.1) is 0 Å². The van der Waals surface area contributed by atoms with E-state index in [4.69, 9.17) is 21.1 Å². The van der Waals surface area contributed by atoms with E-state index in [1.54, 1.807) is 13.1 Å². The van der Waals surface area contributed by atoms with Crippen LogP contribution in [-0.4, -0.2) is 28.9 Å². The molecule has 0 aliphatic heterocycles. The van der Waals surface area contributed by atoms with Gasteiger partial charge in [-0.25, -0.2) is 4.79 Å². The smallest absolute Gasteiger partial charge is 0.338 e. The van der Waals surface area contributed by atoms with E-state index in [-0.39, 0.29) is 17.4 Å². The average Bonchev–Trinajstić information content (AvgIpc) is 2.95. The average molecular weight is 308 g/mol. The van der Waals surface area contributed by atoms with E-state index >= 15 is 0 Å². The first kappa shape index (κ1) is 15.1. The zero-order valence-electron chi connectivity index (χ0n) is 11.5. The van der Waals surface area contributed by atoms with Gasteiger partial charge in [0.25, 0.3) is 5.91 Å². The molecule has 1 unspecified atom stereocenters. The molecule has 0 saturated heterocycles. The standard InChI is InChI=1S/C15H14ClNO4/c1-9(11-5-3-4-6-12(11)16)17(2)14(18)13-7-10(8-21-13)15(19)20/h3-9H,1-2H3,(H,19,20). The Balaban J connectivity index is 2.22. The summed E-state index contributed by atoms with van der Waals surface area (Å²) in [5, 5.41) is 9.40. The maximum Gasteiger partial charge on any atom is 0.338 e. The molecule has 1 heterocycles. The largest absolute Gasteiger partial charge is 0.478 e. The molecule has 2 aromatic rings. The number of nitrogens with zero attached hydrogens (tertiary/aromatic N) is 1. The summed E-state index contributed by atoms with van der Waals surface area (Å²) in [5.74, 6) is -1.57. The number of hydrogen-bond donors (Lipinski definition) is 1. The van der Waals surface area contributed by atoms with Crippen molar-refractivity contribution in [3.63, 3.8) is 0 Å². The number of carbonyl (C=O) groups is 2. The van der Waals surface area contributed by atoms with Crippen LogP contribution in [0.3, 0.4) is 0 Å². The Morgan fingerprint density at radius 2 is 2.00 bits per heavy atom. The van der Waals surface area contributed by atoms with Crippen LogP contribution in [0.5, 0.6) is 0 Å². The first-order valence-electron chi connectivity index (χ1n) is 6.25. The number of amides is 1. The maximum absolute atomic E-state index is 12.3. The molecule has 1 aromatic carbocycles. The normalized spacial score (nSPS) is 12.0. The van der Waals surface area contributed by atoms with Crippen molar-refractivity contribution >= 4 is 23.5 Å². The van der Waals surface area contributed by atoms with Crippen molar-refractivity contribution in [2.75, 3.05) is 7.05 Å². The minimum Gasteiger partial charge on any atom is -0.478 e. The van der Waals surface area contributed by atoms with E-state index < -0.39 is 11.9 Å². The minimum atomic E-state index is -1.14. The van der Waals surface area contributed by atoms with Crippen LogP contribution >= 0.6 is 11.6 Å². The van der Waals surface area contributed by atoms with Gasteiger partial charge in [-0.15, -0.1) is 0 Å². The van der Waals surface area contributed by atoms with Gasteiger partial charge < -0.3 is 14.4 Å². The van der Waals surface area contributed by atoms with E-state index in [0.717, 1.165) is 11.8 Å². The Bertz CT molecular complexity index is 680. The third kappa shape index (κ3) is 3.08. The molecule has 1 aromatic heterocycles. The van der Waals surface area contributed by atoms with Crippen molar-refractivity contribution in [2.45, 2.75) is 13.0 Å². The molecule has 2 rings (SSSR count). The van der Waals surface area contributed by atoms with Crippen molar-refractivity contribution in [1.82, 2.24) is 4.90 Å². The third-order valence-electron chi connectivity index (χ3n) is 3.31. The van der Waals surface area contributed by atoms with Crippen LogP contribution < -0.4 is 0 Å². The van der Waals surface area contributed by atoms with Gasteiger partial charge in [0.05, 0.1) is 11.6 Å². The number of carboxylic acid groups (broad SMARTS) is 1. The van der Waals surface area contributed by atoms with Gasteiger partial charge in [-0.3, -0.25) is 4.79 Å². The zero-order valence-corrected chi connectivity index (χ0v) is 12.3. The number of halogens is 1. The molecular formula is C15H14ClNO4. The topological polar surface area (TPSA) is 70.8 Å². The highest BCUT2D eigenvalue weighted by Gasteiger charge is 2.23. The molecule has 6 heteroatoms. The van der Waals surface area contributed by atoms with Crippen LogP contribution in [-0.2, 0) is 0 Å². The van der Waals surface area contributed by atoms with Gasteiger partial charge >= 0.3 is 5.97 Å². The zero-order chi connectivity index (χ0) is 15.6. The molecule has 0 saturated carbocycles. The molecule has 1 N–H and O–H groups in total. The number of carboxylic acids is 1. The summed E-state index contributed by atoms with van der Waals surface area (Å²) in [6.45, 7) is 1.83. The highest BCUT2D eigenvalue weighted by atomic mass is 35.5. The molecule has 0 spiro atoms. The molecule has 0 aliphatic rings. The lowest BCUT2D eigenvalue weighted by Crippen LogP contribution is -2.29. The van der Waals surface area contributed by atoms with Gasteiger partial charge in [-0.05, 0) is 18.6 Å². The van der Waals surface area contributed by atoms with E-state index in [9.17, 15) is 9.59 Å². The van der Waals surface area contributed by atoms with E-state index in [0.29, 0.717) is 5.02 Å². The van der Waals surface area contributed by atoms with Crippen molar-refractivity contribution in [3.8, 4) is 0 Å². The molecular weight excluding hydrogens is 294 g/mol. The van der Waals surface area contributed by atoms with Crippen molar-refractivity contribution in [1.29, 1.82) is 0 Å². The van der Waals surface area contributed by atoms with Gasteiger partial charge in [0.2, 0.25) is 0 Å². The Morgan fingerprint density at radius 1 is 1.33 bits per heavy atom. The lowest BCUT2D eigenvalue weighted by molar-refractivity contribution is 0.0692. The summed E-state index contributed by atoms with van der Waals surface area (Å²) in [6.07, 6.45) is 1.05. The molecule has 5 nitrogen and oxygen atoms in total. The van der Waals surface area contributed by atoms with Gasteiger partial charge in [0, 0.05) is 18.1 Å². The third-order valence-corrected chi connectivity index (χ3v) is 3.66. The molecule has 1 amide bonds. The van der Waals surface area contributed by atoms with Crippen LogP contribution in [0.4, 0.5) is 0 Å². The summed E-state index contributed by atoms with van der Waals surface area (Å²) in [6, 6.07) is 8.17. The number of carbonyl (C=O) groups excluding carboxylic acids is 1. The minimum absolute atomic E-state index is 0.0196. The monoisotopic (exact) mass is 307 g/mol. The number of furan rings is 1. The summed E-state index contributed by atoms with van der Waals surface area (Å²) >= 11 is 6.12. The molecule has 21 heavy (non-hydrogen) atoms. The van der Waals surface area contributed by atoms with Gasteiger partial charge in [0.1, 0.15) is 6.26 Å². The van der Waals surface area contributed by atoms with Gasteiger partial charge in [-0.1, -0.05) is 29.8 Å². The highest BCUT2D eigenvalue weighted by Crippen LogP contribution is 2.27. The van der Waals surface area contributed by atoms with Crippen LogP contribution in [0.15, 0.2) is 41.0 Å². The summed E-state index contributed by atoms with van der Waals surface area (Å²) in [5.41, 5.74) is 0.747. The van der Waals surface area contributed by atoms with E-state index in [2.05, 4.69) is 0 Å². The molecule has 0 bridgehead atoms. The Kier molecular flexibility index (Phi) is 4.33. The fourth-order valence-corrected chi connectivity index (χ4v) is 2.23. The first-order chi connectivity index (χ1) is 9.91. The Hall–Kier alpha value is -2.27. The van der Waals surface area contributed by atoms with Crippen molar-refractivity contribution in [2.24, 2.45) is 0 Å². The van der Waals surface area contributed by atoms with Crippen molar-refractivity contribution < 1.29 is 19.1 Å². The van der Waals surface area contributed by atoms with Gasteiger partial charge in [-0.2, -0.15) is 0 Å². The first-order valence-corrected chi connectivity index (χ1v) is 6.63. The predicted molar refractivity (Wildman–Crippen MR) is 77.6 cm³/mol. The summed E-state index contributed by atoms with van der Waals surface area (Å²) in [4.78, 5) is 24.6. The Labute approximate surface area is 126 Å². The maximum atomic E-state index is 12.3. The fourth-order valence-electron chi connectivity index (χ4n) is 1.93. The van der Waals surface area contributed by atoms with Crippen LogP contribution in [0.1, 0.15) is 39.4 Å². The predicted octanol–water partition coefficient (Wildman–Crippen LogP) is 3.46. The second-order valence-corrected chi connectivity index (χ2v) is 5.03. The molecule has 0 aliphatic carbocycles. The van der Waals surface area contributed by atoms with Crippen LogP contribution in [0.2, 0.25) is 5.02 Å². The second kappa shape index (κ2) is 6.01. The summed E-state index contributed by atoms with van der Waals surface area (Å²) in [7, 11) is 1.61. The second-order valence-electron chi connectivity index (χ2n) is 4.62. The van der Waals surface area contributed by atoms with E-state index in [1.807, 2.05) is 25.1 Å². The lowest BCUT2D eigenvalue weighted by Gasteiger charge is -2.25. The quantitative estimate of drug-likeness (QED) is 0.939. The Morgan fingerprint density at radius 3 is 2.57 bits per heavy atom. The number of hydrogen-bond acceptors (Lipinski definition) is 3. The number of benzene rings is 1. The molecule has 0 fully saturated rings. The molecule has 0 radical (unpaired) electrons. The number of rotatable bonds is 4. The number of aromatic carboxylic acids is 1.